The molecule has 0 bridgehead atoms. The molecular formula is C19H26FNO4. The van der Waals surface area contributed by atoms with Gasteiger partial charge in [0, 0.05) is 31.3 Å². The van der Waals surface area contributed by atoms with Crippen LogP contribution in [0.15, 0.2) is 18.2 Å². The minimum atomic E-state index is -0.450. The summed E-state index contributed by atoms with van der Waals surface area (Å²) in [6.07, 6.45) is 2.98. The quantitative estimate of drug-likeness (QED) is 0.855. The van der Waals surface area contributed by atoms with E-state index >= 15 is 0 Å². The van der Waals surface area contributed by atoms with Crippen molar-refractivity contribution < 1.29 is 23.4 Å². The number of rotatable bonds is 6. The first-order valence-electron chi connectivity index (χ1n) is 8.90. The summed E-state index contributed by atoms with van der Waals surface area (Å²) in [6, 6.07) is 4.72. The largest absolute Gasteiger partial charge is 0.494 e. The van der Waals surface area contributed by atoms with Crippen molar-refractivity contribution >= 4 is 5.91 Å². The first kappa shape index (κ1) is 18.1. The highest BCUT2D eigenvalue weighted by Crippen LogP contribution is 2.50. The second-order valence-corrected chi connectivity index (χ2v) is 6.79. The van der Waals surface area contributed by atoms with Crippen LogP contribution in [-0.4, -0.2) is 45.0 Å². The van der Waals surface area contributed by atoms with Gasteiger partial charge in [0.05, 0.1) is 19.6 Å². The van der Waals surface area contributed by atoms with Crippen molar-refractivity contribution in [2.24, 2.45) is 5.41 Å². The predicted octanol–water partition coefficient (Wildman–Crippen LogP) is 2.47. The van der Waals surface area contributed by atoms with E-state index in [-0.39, 0.29) is 35.6 Å². The SMILES string of the molecule is CCO[C@@H]1C[C@@H](NC(=O)Cc2ccc(OC)c(F)c2)C12CCOCC2. The number of benzene rings is 1. The van der Waals surface area contributed by atoms with E-state index < -0.39 is 5.82 Å². The van der Waals surface area contributed by atoms with E-state index in [4.69, 9.17) is 14.2 Å². The minimum absolute atomic E-state index is 0.0188. The smallest absolute Gasteiger partial charge is 0.224 e. The lowest BCUT2D eigenvalue weighted by atomic mass is 9.57. The van der Waals surface area contributed by atoms with Crippen LogP contribution >= 0.6 is 0 Å². The van der Waals surface area contributed by atoms with E-state index in [1.165, 1.54) is 13.2 Å². The lowest BCUT2D eigenvalue weighted by Crippen LogP contribution is -2.66. The fourth-order valence-corrected chi connectivity index (χ4v) is 4.06. The Kier molecular flexibility index (Phi) is 5.59. The van der Waals surface area contributed by atoms with Crippen molar-refractivity contribution in [3.8, 4) is 5.75 Å². The van der Waals surface area contributed by atoms with Gasteiger partial charge in [-0.05, 0) is 43.9 Å². The summed E-state index contributed by atoms with van der Waals surface area (Å²) in [7, 11) is 1.42. The number of nitrogens with one attached hydrogen (secondary N) is 1. The molecule has 2 aliphatic rings. The molecule has 138 valence electrons. The topological polar surface area (TPSA) is 56.8 Å². The molecule has 6 heteroatoms. The molecule has 3 rings (SSSR count). The summed E-state index contributed by atoms with van der Waals surface area (Å²) in [5.74, 6) is -0.354. The van der Waals surface area contributed by atoms with E-state index in [1.807, 2.05) is 6.92 Å². The van der Waals surface area contributed by atoms with Crippen molar-refractivity contribution in [2.75, 3.05) is 26.9 Å². The average molecular weight is 351 g/mol. The molecule has 1 heterocycles. The molecule has 2 atom stereocenters. The Labute approximate surface area is 147 Å². The molecule has 1 aromatic rings. The molecule has 1 N–H and O–H groups in total. The van der Waals surface area contributed by atoms with Crippen LogP contribution in [0, 0.1) is 11.2 Å². The van der Waals surface area contributed by atoms with Crippen LogP contribution in [0.5, 0.6) is 5.75 Å². The van der Waals surface area contributed by atoms with Gasteiger partial charge >= 0.3 is 0 Å². The van der Waals surface area contributed by atoms with Crippen LogP contribution in [0.3, 0.4) is 0 Å². The third-order valence-electron chi connectivity index (χ3n) is 5.49. The van der Waals surface area contributed by atoms with E-state index in [0.29, 0.717) is 25.4 Å². The fourth-order valence-electron chi connectivity index (χ4n) is 4.06. The Morgan fingerprint density at radius 2 is 2.16 bits per heavy atom. The van der Waals surface area contributed by atoms with Crippen LogP contribution in [0.4, 0.5) is 4.39 Å². The maximum absolute atomic E-state index is 13.8. The Morgan fingerprint density at radius 3 is 2.80 bits per heavy atom. The van der Waals surface area contributed by atoms with Crippen molar-refractivity contribution in [2.45, 2.75) is 44.8 Å². The highest BCUT2D eigenvalue weighted by atomic mass is 19.1. The molecule has 0 unspecified atom stereocenters. The van der Waals surface area contributed by atoms with E-state index in [0.717, 1.165) is 19.3 Å². The summed E-state index contributed by atoms with van der Waals surface area (Å²) in [5.41, 5.74) is 0.618. The molecule has 5 nitrogen and oxygen atoms in total. The van der Waals surface area contributed by atoms with Gasteiger partial charge in [0.2, 0.25) is 5.91 Å². The highest BCUT2D eigenvalue weighted by molar-refractivity contribution is 5.79. The van der Waals surface area contributed by atoms with Gasteiger partial charge in [0.25, 0.3) is 0 Å². The van der Waals surface area contributed by atoms with Gasteiger partial charge in [-0.3, -0.25) is 4.79 Å². The van der Waals surface area contributed by atoms with Crippen LogP contribution in [0.2, 0.25) is 0 Å². The molecule has 1 amide bonds. The molecule has 1 saturated carbocycles. The van der Waals surface area contributed by atoms with Gasteiger partial charge in [0.15, 0.2) is 11.6 Å². The van der Waals surface area contributed by atoms with Crippen LogP contribution in [-0.2, 0) is 20.7 Å². The zero-order chi connectivity index (χ0) is 17.9. The van der Waals surface area contributed by atoms with E-state index in [1.54, 1.807) is 12.1 Å². The maximum Gasteiger partial charge on any atom is 0.224 e. The molecule has 2 fully saturated rings. The third-order valence-corrected chi connectivity index (χ3v) is 5.49. The standard InChI is InChI=1S/C19H26FNO4/c1-3-25-17-12-16(19(17)6-8-24-9-7-19)21-18(22)11-13-4-5-15(23-2)14(20)10-13/h4-5,10,16-17H,3,6-9,11-12H2,1-2H3,(H,21,22)/t16-,17-/m1/s1. The molecule has 1 saturated heterocycles. The first-order chi connectivity index (χ1) is 12.1. The van der Waals surface area contributed by atoms with Crippen molar-refractivity contribution in [1.82, 2.24) is 5.32 Å². The van der Waals surface area contributed by atoms with E-state index in [2.05, 4.69) is 5.32 Å². The van der Waals surface area contributed by atoms with Gasteiger partial charge in [-0.25, -0.2) is 4.39 Å². The van der Waals surface area contributed by atoms with Crippen LogP contribution in [0.25, 0.3) is 0 Å². The van der Waals surface area contributed by atoms with Crippen molar-refractivity contribution in [3.63, 3.8) is 0 Å². The summed E-state index contributed by atoms with van der Waals surface area (Å²) >= 11 is 0. The number of halogens is 1. The lowest BCUT2D eigenvalue weighted by molar-refractivity contribution is -0.175. The Hall–Kier alpha value is -1.66. The van der Waals surface area contributed by atoms with E-state index in [9.17, 15) is 9.18 Å². The van der Waals surface area contributed by atoms with Crippen molar-refractivity contribution in [1.29, 1.82) is 0 Å². The molecule has 1 aromatic carbocycles. The molecule has 0 radical (unpaired) electrons. The van der Waals surface area contributed by atoms with Gasteiger partial charge in [0.1, 0.15) is 0 Å². The summed E-state index contributed by atoms with van der Waals surface area (Å²) in [4.78, 5) is 12.4. The first-order valence-corrected chi connectivity index (χ1v) is 8.90. The molecule has 1 aliphatic carbocycles. The van der Waals surface area contributed by atoms with Gasteiger partial charge < -0.3 is 19.5 Å². The number of ether oxygens (including phenoxy) is 3. The maximum atomic E-state index is 13.8. The van der Waals surface area contributed by atoms with Gasteiger partial charge in [-0.2, -0.15) is 0 Å². The van der Waals surface area contributed by atoms with Gasteiger partial charge in [-0.15, -0.1) is 0 Å². The zero-order valence-electron chi connectivity index (χ0n) is 14.8. The summed E-state index contributed by atoms with van der Waals surface area (Å²) < 4.78 is 30.0. The molecule has 1 aliphatic heterocycles. The Balaban J connectivity index is 1.61. The fraction of sp³-hybridized carbons (Fsp3) is 0.632. The number of amides is 1. The molecular weight excluding hydrogens is 325 g/mol. The van der Waals surface area contributed by atoms with Crippen molar-refractivity contribution in [3.05, 3.63) is 29.6 Å². The normalized spacial score (nSPS) is 24.6. The second-order valence-electron chi connectivity index (χ2n) is 6.79. The number of methoxy groups -OCH3 is 1. The van der Waals surface area contributed by atoms with Crippen LogP contribution < -0.4 is 10.1 Å². The molecule has 1 spiro atoms. The van der Waals surface area contributed by atoms with Gasteiger partial charge in [-0.1, -0.05) is 6.07 Å². The summed E-state index contributed by atoms with van der Waals surface area (Å²) in [5, 5.41) is 3.13. The second kappa shape index (κ2) is 7.70. The Morgan fingerprint density at radius 1 is 1.40 bits per heavy atom. The highest BCUT2D eigenvalue weighted by Gasteiger charge is 2.56. The number of carbonyl (C=O) groups is 1. The third kappa shape index (κ3) is 3.65. The summed E-state index contributed by atoms with van der Waals surface area (Å²) in [6.45, 7) is 4.09. The number of hydrogen-bond acceptors (Lipinski definition) is 4. The molecule has 0 aromatic heterocycles. The average Bonchev–Trinajstić information content (AvgIpc) is 2.62. The number of hydrogen-bond donors (Lipinski definition) is 1. The minimum Gasteiger partial charge on any atom is -0.494 e. The predicted molar refractivity (Wildman–Crippen MR) is 91.1 cm³/mol. The zero-order valence-corrected chi connectivity index (χ0v) is 14.8. The lowest BCUT2D eigenvalue weighted by Gasteiger charge is -2.57. The molecule has 25 heavy (non-hydrogen) atoms. The van der Waals surface area contributed by atoms with Crippen LogP contribution in [0.1, 0.15) is 31.7 Å². The Bertz CT molecular complexity index is 615. The monoisotopic (exact) mass is 351 g/mol. The number of carbonyl (C=O) groups excluding carboxylic acids is 1.